The fourth-order valence-corrected chi connectivity index (χ4v) is 3.87. The fourth-order valence-electron chi connectivity index (χ4n) is 3.87. The Labute approximate surface area is 171 Å². The van der Waals surface area contributed by atoms with E-state index in [-0.39, 0.29) is 11.9 Å². The smallest absolute Gasteiger partial charge is 0.251 e. The molecule has 0 saturated heterocycles. The molecule has 0 spiro atoms. The Morgan fingerprint density at radius 1 is 0.931 bits per heavy atom. The molecule has 1 amide bonds. The first-order valence-corrected chi connectivity index (χ1v) is 9.78. The number of amides is 1. The Bertz CT molecular complexity index is 1140. The molecule has 0 fully saturated rings. The van der Waals surface area contributed by atoms with Crippen LogP contribution < -0.4 is 10.6 Å². The first-order chi connectivity index (χ1) is 14.0. The molecule has 3 N–H and O–H groups in total. The summed E-state index contributed by atoms with van der Waals surface area (Å²) < 4.78 is 0. The van der Waals surface area contributed by atoms with Gasteiger partial charge in [0.25, 0.3) is 5.91 Å². The number of hydrogen-bond donors (Lipinski definition) is 3. The first kappa shape index (κ1) is 18.8. The highest BCUT2D eigenvalue weighted by Gasteiger charge is 2.19. The molecule has 146 valence electrons. The third kappa shape index (κ3) is 3.87. The van der Waals surface area contributed by atoms with Crippen molar-refractivity contribution >= 4 is 22.5 Å². The lowest BCUT2D eigenvalue weighted by atomic mass is 9.96. The van der Waals surface area contributed by atoms with Crippen molar-refractivity contribution in [3.8, 4) is 0 Å². The number of nitrogens with one attached hydrogen (secondary N) is 3. The van der Waals surface area contributed by atoms with Crippen LogP contribution in [0.4, 0.5) is 5.69 Å². The summed E-state index contributed by atoms with van der Waals surface area (Å²) in [5.41, 5.74) is 7.56. The summed E-state index contributed by atoms with van der Waals surface area (Å²) >= 11 is 0. The van der Waals surface area contributed by atoms with Gasteiger partial charge in [0, 0.05) is 41.0 Å². The molecule has 1 aromatic heterocycles. The van der Waals surface area contributed by atoms with Gasteiger partial charge in [-0.05, 0) is 60.9 Å². The molecule has 4 aromatic rings. The van der Waals surface area contributed by atoms with Crippen molar-refractivity contribution in [3.63, 3.8) is 0 Å². The lowest BCUT2D eigenvalue weighted by Gasteiger charge is -2.21. The summed E-state index contributed by atoms with van der Waals surface area (Å²) in [5.74, 6) is -0.0811. The second kappa shape index (κ2) is 7.84. The van der Waals surface area contributed by atoms with E-state index in [1.807, 2.05) is 30.3 Å². The lowest BCUT2D eigenvalue weighted by Crippen LogP contribution is -2.18. The van der Waals surface area contributed by atoms with E-state index in [2.05, 4.69) is 72.1 Å². The molecule has 4 nitrogen and oxygen atoms in total. The van der Waals surface area contributed by atoms with Gasteiger partial charge in [0.15, 0.2) is 0 Å². The zero-order chi connectivity index (χ0) is 20.4. The van der Waals surface area contributed by atoms with Gasteiger partial charge in [0.1, 0.15) is 0 Å². The Hall–Kier alpha value is -3.53. The average molecular weight is 383 g/mol. The van der Waals surface area contributed by atoms with Gasteiger partial charge in [-0.2, -0.15) is 0 Å². The highest BCUT2D eigenvalue weighted by molar-refractivity contribution is 5.94. The summed E-state index contributed by atoms with van der Waals surface area (Å²) in [6.07, 6.45) is 2.07. The normalized spacial score (nSPS) is 12.0. The molecule has 4 rings (SSSR count). The summed E-state index contributed by atoms with van der Waals surface area (Å²) in [4.78, 5) is 15.3. The van der Waals surface area contributed by atoms with Crippen LogP contribution >= 0.6 is 0 Å². The molecular weight excluding hydrogens is 358 g/mol. The molecular formula is C25H25N3O. The van der Waals surface area contributed by atoms with Gasteiger partial charge in [-0.25, -0.2) is 0 Å². The third-order valence-corrected chi connectivity index (χ3v) is 5.20. The van der Waals surface area contributed by atoms with Crippen LogP contribution in [0.3, 0.4) is 0 Å². The standard InChI is InChI=1S/C25H25N3O/c1-16-12-17(2)14-20(13-16)28-24(18-8-10-19(11-9-18)25(29)26-3)22-15-27-23-7-5-4-6-21(22)23/h4-15,24,27-28H,1-3H3,(H,26,29). The molecule has 1 unspecified atom stereocenters. The minimum absolute atomic E-state index is 0.0499. The predicted molar refractivity (Wildman–Crippen MR) is 120 cm³/mol. The fraction of sp³-hybridized carbons (Fsp3) is 0.160. The number of rotatable bonds is 5. The van der Waals surface area contributed by atoms with Crippen LogP contribution in [0.2, 0.25) is 0 Å². The van der Waals surface area contributed by atoms with Crippen molar-refractivity contribution in [3.05, 3.63) is 101 Å². The maximum atomic E-state index is 11.9. The quantitative estimate of drug-likeness (QED) is 0.435. The van der Waals surface area contributed by atoms with Crippen molar-refractivity contribution in [1.82, 2.24) is 10.3 Å². The van der Waals surface area contributed by atoms with Gasteiger partial charge in [-0.3, -0.25) is 4.79 Å². The maximum absolute atomic E-state index is 11.9. The van der Waals surface area contributed by atoms with Gasteiger partial charge in [-0.1, -0.05) is 36.4 Å². The monoisotopic (exact) mass is 383 g/mol. The number of hydrogen-bond acceptors (Lipinski definition) is 2. The molecule has 0 aliphatic carbocycles. The molecule has 0 bridgehead atoms. The van der Waals surface area contributed by atoms with E-state index in [1.165, 1.54) is 22.1 Å². The highest BCUT2D eigenvalue weighted by atomic mass is 16.1. The Morgan fingerprint density at radius 2 is 1.62 bits per heavy atom. The van der Waals surface area contributed by atoms with Gasteiger partial charge in [-0.15, -0.1) is 0 Å². The van der Waals surface area contributed by atoms with Gasteiger partial charge < -0.3 is 15.6 Å². The number of anilines is 1. The van der Waals surface area contributed by atoms with E-state index in [0.29, 0.717) is 5.56 Å². The number of aromatic amines is 1. The minimum Gasteiger partial charge on any atom is -0.374 e. The van der Waals surface area contributed by atoms with E-state index in [9.17, 15) is 4.79 Å². The van der Waals surface area contributed by atoms with Crippen molar-refractivity contribution in [2.45, 2.75) is 19.9 Å². The number of carbonyl (C=O) groups is 1. The van der Waals surface area contributed by atoms with Crippen LogP contribution in [0.25, 0.3) is 10.9 Å². The number of para-hydroxylation sites is 1. The van der Waals surface area contributed by atoms with Crippen molar-refractivity contribution in [2.75, 3.05) is 12.4 Å². The summed E-state index contributed by atoms with van der Waals surface area (Å²) in [7, 11) is 1.65. The van der Waals surface area contributed by atoms with Gasteiger partial charge >= 0.3 is 0 Å². The van der Waals surface area contributed by atoms with Crippen LogP contribution in [0.15, 0.2) is 72.9 Å². The van der Waals surface area contributed by atoms with Crippen LogP contribution in [0.5, 0.6) is 0 Å². The minimum atomic E-state index is -0.0811. The highest BCUT2D eigenvalue weighted by Crippen LogP contribution is 2.32. The second-order valence-corrected chi connectivity index (χ2v) is 7.44. The van der Waals surface area contributed by atoms with Gasteiger partial charge in [0.2, 0.25) is 0 Å². The number of aromatic nitrogens is 1. The van der Waals surface area contributed by atoms with Gasteiger partial charge in [0.05, 0.1) is 6.04 Å². The van der Waals surface area contributed by atoms with E-state index in [4.69, 9.17) is 0 Å². The number of benzene rings is 3. The molecule has 4 heteroatoms. The summed E-state index contributed by atoms with van der Waals surface area (Å²) in [6.45, 7) is 4.22. The van der Waals surface area contributed by atoms with E-state index in [1.54, 1.807) is 7.05 Å². The molecule has 0 radical (unpaired) electrons. The average Bonchev–Trinajstić information content (AvgIpc) is 3.15. The molecule has 3 aromatic carbocycles. The maximum Gasteiger partial charge on any atom is 0.251 e. The molecule has 0 aliphatic heterocycles. The van der Waals surface area contributed by atoms with Crippen molar-refractivity contribution in [1.29, 1.82) is 0 Å². The third-order valence-electron chi connectivity index (χ3n) is 5.20. The van der Waals surface area contributed by atoms with Crippen LogP contribution in [-0.2, 0) is 0 Å². The molecule has 1 atom stereocenters. The number of carbonyl (C=O) groups excluding carboxylic acids is 1. The number of H-pyrrole nitrogens is 1. The van der Waals surface area contributed by atoms with Crippen LogP contribution in [-0.4, -0.2) is 17.9 Å². The van der Waals surface area contributed by atoms with Crippen LogP contribution in [0, 0.1) is 13.8 Å². The second-order valence-electron chi connectivity index (χ2n) is 7.44. The molecule has 0 aliphatic rings. The van der Waals surface area contributed by atoms with E-state index < -0.39 is 0 Å². The number of aryl methyl sites for hydroxylation is 2. The summed E-state index contributed by atoms with van der Waals surface area (Å²) in [6, 6.07) is 22.5. The largest absolute Gasteiger partial charge is 0.374 e. The zero-order valence-corrected chi connectivity index (χ0v) is 16.9. The van der Waals surface area contributed by atoms with Crippen molar-refractivity contribution in [2.24, 2.45) is 0 Å². The number of fused-ring (bicyclic) bond motifs is 1. The molecule has 0 saturated carbocycles. The topological polar surface area (TPSA) is 56.9 Å². The SMILES string of the molecule is CNC(=O)c1ccc(C(Nc2cc(C)cc(C)c2)c2c[nH]c3ccccc23)cc1. The summed E-state index contributed by atoms with van der Waals surface area (Å²) in [5, 5.41) is 7.57. The Balaban J connectivity index is 1.79. The zero-order valence-electron chi connectivity index (χ0n) is 16.9. The predicted octanol–water partition coefficient (Wildman–Crippen LogP) is 5.35. The Kier molecular flexibility index (Phi) is 5.09. The van der Waals surface area contributed by atoms with E-state index in [0.717, 1.165) is 16.8 Å². The van der Waals surface area contributed by atoms with Crippen molar-refractivity contribution < 1.29 is 4.79 Å². The Morgan fingerprint density at radius 3 is 2.31 bits per heavy atom. The molecule has 29 heavy (non-hydrogen) atoms. The first-order valence-electron chi connectivity index (χ1n) is 9.78. The molecule has 1 heterocycles. The van der Waals surface area contributed by atoms with Crippen LogP contribution in [0.1, 0.15) is 38.7 Å². The van der Waals surface area contributed by atoms with E-state index >= 15 is 0 Å². The lowest BCUT2D eigenvalue weighted by molar-refractivity contribution is 0.0963.